The number of ether oxygens (including phenoxy) is 1. The number of carboxylic acid groups (broad SMARTS) is 1. The highest BCUT2D eigenvalue weighted by Gasteiger charge is 2.33. The van der Waals surface area contributed by atoms with Crippen molar-refractivity contribution in [2.45, 2.75) is 32.7 Å². The van der Waals surface area contributed by atoms with E-state index < -0.39 is 11.5 Å². The first-order valence-electron chi connectivity index (χ1n) is 6.03. The number of hydrogen-bond acceptors (Lipinski definition) is 3. The second kappa shape index (κ2) is 5.76. The van der Waals surface area contributed by atoms with E-state index in [1.54, 1.807) is 20.1 Å². The van der Waals surface area contributed by atoms with Crippen molar-refractivity contribution in [1.82, 2.24) is 0 Å². The maximum Gasteiger partial charge on any atom is 0.329 e. The lowest BCUT2D eigenvalue weighted by Gasteiger charge is -2.29. The van der Waals surface area contributed by atoms with Gasteiger partial charge in [-0.05, 0) is 31.4 Å². The van der Waals surface area contributed by atoms with Crippen LogP contribution in [-0.2, 0) is 4.79 Å². The molecule has 4 heteroatoms. The maximum atomic E-state index is 11.4. The summed E-state index contributed by atoms with van der Waals surface area (Å²) in [7, 11) is 1.59. The van der Waals surface area contributed by atoms with Crippen LogP contribution >= 0.6 is 0 Å². The Morgan fingerprint density at radius 2 is 2.17 bits per heavy atom. The fourth-order valence-corrected chi connectivity index (χ4v) is 2.03. The third-order valence-electron chi connectivity index (χ3n) is 2.78. The van der Waals surface area contributed by atoms with Crippen molar-refractivity contribution >= 4 is 11.7 Å². The molecule has 1 unspecified atom stereocenters. The van der Waals surface area contributed by atoms with Crippen LogP contribution in [0.15, 0.2) is 24.3 Å². The van der Waals surface area contributed by atoms with Crippen molar-refractivity contribution in [1.29, 1.82) is 0 Å². The maximum absolute atomic E-state index is 11.4. The summed E-state index contributed by atoms with van der Waals surface area (Å²) in [6.07, 6.45) is 0.555. The quantitative estimate of drug-likeness (QED) is 0.816. The smallest absolute Gasteiger partial charge is 0.329 e. The van der Waals surface area contributed by atoms with Crippen molar-refractivity contribution in [2.75, 3.05) is 12.4 Å². The number of rotatable bonds is 6. The molecule has 0 aliphatic heterocycles. The van der Waals surface area contributed by atoms with Crippen LogP contribution in [0.25, 0.3) is 0 Å². The minimum absolute atomic E-state index is 0.296. The lowest BCUT2D eigenvalue weighted by Crippen LogP contribution is -2.44. The highest BCUT2D eigenvalue weighted by atomic mass is 16.5. The van der Waals surface area contributed by atoms with Crippen LogP contribution in [0.4, 0.5) is 5.69 Å². The largest absolute Gasteiger partial charge is 0.497 e. The van der Waals surface area contributed by atoms with Crippen LogP contribution in [0.1, 0.15) is 27.2 Å². The van der Waals surface area contributed by atoms with Gasteiger partial charge >= 0.3 is 5.97 Å². The number of hydrogen-bond donors (Lipinski definition) is 2. The average molecular weight is 251 g/mol. The minimum atomic E-state index is -0.972. The molecule has 2 N–H and O–H groups in total. The lowest BCUT2D eigenvalue weighted by atomic mass is 9.90. The lowest BCUT2D eigenvalue weighted by molar-refractivity contribution is -0.142. The molecule has 0 saturated heterocycles. The standard InChI is InChI=1S/C14H21NO3/c1-10(2)9-14(3,13(16)17)15-11-6-5-7-12(8-11)18-4/h5-8,10,15H,9H2,1-4H3,(H,16,17). The van der Waals surface area contributed by atoms with Gasteiger partial charge in [0.1, 0.15) is 11.3 Å². The van der Waals surface area contributed by atoms with Gasteiger partial charge in [-0.1, -0.05) is 19.9 Å². The normalized spacial score (nSPS) is 14.1. The van der Waals surface area contributed by atoms with E-state index in [0.717, 1.165) is 5.69 Å². The summed E-state index contributed by atoms with van der Waals surface area (Å²) in [5.74, 6) is 0.153. The Labute approximate surface area is 108 Å². The predicted octanol–water partition coefficient (Wildman–Crippen LogP) is 3.00. The molecule has 0 radical (unpaired) electrons. The van der Waals surface area contributed by atoms with E-state index in [-0.39, 0.29) is 0 Å². The van der Waals surface area contributed by atoms with Gasteiger partial charge in [0, 0.05) is 11.8 Å². The highest BCUT2D eigenvalue weighted by molar-refractivity contribution is 5.82. The van der Waals surface area contributed by atoms with E-state index in [0.29, 0.717) is 18.1 Å². The number of nitrogens with one attached hydrogen (secondary N) is 1. The first-order valence-corrected chi connectivity index (χ1v) is 6.03. The third kappa shape index (κ3) is 3.65. The van der Waals surface area contributed by atoms with Crippen molar-refractivity contribution < 1.29 is 14.6 Å². The Morgan fingerprint density at radius 3 is 2.67 bits per heavy atom. The first-order chi connectivity index (χ1) is 8.37. The molecule has 0 saturated carbocycles. The van der Waals surface area contributed by atoms with Gasteiger partial charge in [-0.25, -0.2) is 4.79 Å². The zero-order valence-corrected chi connectivity index (χ0v) is 11.4. The van der Waals surface area contributed by atoms with Gasteiger partial charge in [0.15, 0.2) is 0 Å². The number of benzene rings is 1. The monoisotopic (exact) mass is 251 g/mol. The summed E-state index contributed by atoms with van der Waals surface area (Å²) in [5.41, 5.74) is -0.222. The number of aliphatic carboxylic acids is 1. The van der Waals surface area contributed by atoms with Crippen molar-refractivity contribution in [2.24, 2.45) is 5.92 Å². The minimum Gasteiger partial charge on any atom is -0.497 e. The van der Waals surface area contributed by atoms with E-state index in [1.807, 2.05) is 32.0 Å². The molecule has 0 bridgehead atoms. The van der Waals surface area contributed by atoms with Crippen LogP contribution in [0.3, 0.4) is 0 Å². The van der Waals surface area contributed by atoms with Crippen LogP contribution in [0.5, 0.6) is 5.75 Å². The van der Waals surface area contributed by atoms with Gasteiger partial charge in [-0.2, -0.15) is 0 Å². The molecule has 18 heavy (non-hydrogen) atoms. The Bertz CT molecular complexity index is 417. The fourth-order valence-electron chi connectivity index (χ4n) is 2.03. The van der Waals surface area contributed by atoms with Gasteiger partial charge in [0.25, 0.3) is 0 Å². The van der Waals surface area contributed by atoms with Crippen LogP contribution < -0.4 is 10.1 Å². The molecule has 1 aromatic carbocycles. The third-order valence-corrected chi connectivity index (χ3v) is 2.78. The summed E-state index contributed by atoms with van der Waals surface area (Å²) in [6, 6.07) is 7.29. The number of carbonyl (C=O) groups is 1. The van der Waals surface area contributed by atoms with Crippen molar-refractivity contribution in [3.63, 3.8) is 0 Å². The SMILES string of the molecule is COc1cccc(NC(C)(CC(C)C)C(=O)O)c1. The van der Waals surface area contributed by atoms with Crippen LogP contribution in [0.2, 0.25) is 0 Å². The summed E-state index contributed by atoms with van der Waals surface area (Å²) >= 11 is 0. The Kier molecular flexibility index (Phi) is 4.59. The number of carboxylic acids is 1. The van der Waals surface area contributed by atoms with E-state index in [2.05, 4.69) is 5.32 Å². The molecule has 0 spiro atoms. The molecule has 1 rings (SSSR count). The average Bonchev–Trinajstić information content (AvgIpc) is 2.27. The highest BCUT2D eigenvalue weighted by Crippen LogP contribution is 2.25. The molecule has 0 aromatic heterocycles. The molecule has 100 valence electrons. The van der Waals surface area contributed by atoms with Gasteiger partial charge < -0.3 is 15.2 Å². The zero-order valence-electron chi connectivity index (χ0n) is 11.4. The van der Waals surface area contributed by atoms with E-state index >= 15 is 0 Å². The summed E-state index contributed by atoms with van der Waals surface area (Å²) in [4.78, 5) is 11.4. The molecular weight excluding hydrogens is 230 g/mol. The van der Waals surface area contributed by atoms with Gasteiger partial charge in [0.05, 0.1) is 7.11 Å². The molecule has 0 aliphatic rings. The van der Waals surface area contributed by atoms with E-state index in [4.69, 9.17) is 4.74 Å². The fraction of sp³-hybridized carbons (Fsp3) is 0.500. The molecule has 4 nitrogen and oxygen atoms in total. The van der Waals surface area contributed by atoms with Crippen molar-refractivity contribution in [3.05, 3.63) is 24.3 Å². The zero-order chi connectivity index (χ0) is 13.8. The molecule has 1 atom stereocenters. The van der Waals surface area contributed by atoms with Gasteiger partial charge in [-0.15, -0.1) is 0 Å². The number of methoxy groups -OCH3 is 1. The molecule has 0 fully saturated rings. The molecule has 0 heterocycles. The first kappa shape index (κ1) is 14.4. The van der Waals surface area contributed by atoms with Crippen LogP contribution in [-0.4, -0.2) is 23.7 Å². The van der Waals surface area contributed by atoms with Crippen LogP contribution in [0, 0.1) is 5.92 Å². The summed E-state index contributed by atoms with van der Waals surface area (Å²) in [6.45, 7) is 5.72. The Hall–Kier alpha value is -1.71. The molecule has 0 amide bonds. The molecule has 0 aliphatic carbocycles. The molecular formula is C14H21NO3. The Morgan fingerprint density at radius 1 is 1.50 bits per heavy atom. The molecule has 1 aromatic rings. The van der Waals surface area contributed by atoms with E-state index in [9.17, 15) is 9.90 Å². The van der Waals surface area contributed by atoms with Gasteiger partial charge in [0.2, 0.25) is 0 Å². The summed E-state index contributed by atoms with van der Waals surface area (Å²) in [5, 5.41) is 12.5. The summed E-state index contributed by atoms with van der Waals surface area (Å²) < 4.78 is 5.12. The second-order valence-electron chi connectivity index (χ2n) is 5.09. The topological polar surface area (TPSA) is 58.6 Å². The second-order valence-corrected chi connectivity index (χ2v) is 5.09. The van der Waals surface area contributed by atoms with Crippen molar-refractivity contribution in [3.8, 4) is 5.75 Å². The van der Waals surface area contributed by atoms with E-state index in [1.165, 1.54) is 0 Å². The Balaban J connectivity index is 2.92. The van der Waals surface area contributed by atoms with Gasteiger partial charge in [-0.3, -0.25) is 0 Å². The number of anilines is 1. The predicted molar refractivity (Wildman–Crippen MR) is 72.1 cm³/mol.